The van der Waals surface area contributed by atoms with Crippen molar-refractivity contribution >= 4 is 22.3 Å². The predicted octanol–water partition coefficient (Wildman–Crippen LogP) is 3.07. The molecule has 3 aromatic rings. The molecule has 0 saturated carbocycles. The number of carboxylic acid groups (broad SMARTS) is 1. The van der Waals surface area contributed by atoms with E-state index in [1.165, 1.54) is 16.9 Å². The van der Waals surface area contributed by atoms with Crippen molar-refractivity contribution in [2.24, 2.45) is 0 Å². The number of benzene rings is 1. The number of aromatic carboxylic acids is 1. The first kappa shape index (κ1) is 11.0. The molecule has 0 aliphatic rings. The van der Waals surface area contributed by atoms with E-state index in [2.05, 4.69) is 4.98 Å². The van der Waals surface area contributed by atoms with Crippen LogP contribution < -0.4 is 0 Å². The standard InChI is InChI=1S/C13H10N2O2S/c1-8-2-4-9(5-3-8)10-6-15-7-11(12(16)17)18-13(15)14-10/h2-7H,1H3,(H,16,17). The van der Waals surface area contributed by atoms with Gasteiger partial charge in [0.05, 0.1) is 5.69 Å². The molecule has 0 amide bonds. The van der Waals surface area contributed by atoms with Crippen molar-refractivity contribution in [1.29, 1.82) is 0 Å². The summed E-state index contributed by atoms with van der Waals surface area (Å²) in [7, 11) is 0. The Labute approximate surface area is 107 Å². The van der Waals surface area contributed by atoms with Crippen LogP contribution in [-0.2, 0) is 0 Å². The first-order valence-electron chi connectivity index (χ1n) is 5.42. The van der Waals surface area contributed by atoms with E-state index in [9.17, 15) is 4.79 Å². The summed E-state index contributed by atoms with van der Waals surface area (Å²) < 4.78 is 1.75. The number of carboxylic acids is 1. The monoisotopic (exact) mass is 258 g/mol. The minimum atomic E-state index is -0.914. The molecule has 3 rings (SSSR count). The molecule has 2 heterocycles. The third-order valence-electron chi connectivity index (χ3n) is 2.71. The maximum atomic E-state index is 10.8. The van der Waals surface area contributed by atoms with E-state index < -0.39 is 5.97 Å². The molecule has 0 atom stereocenters. The van der Waals surface area contributed by atoms with Gasteiger partial charge in [0.2, 0.25) is 0 Å². The molecule has 0 bridgehead atoms. The summed E-state index contributed by atoms with van der Waals surface area (Å²) in [5.41, 5.74) is 3.10. The molecular weight excluding hydrogens is 248 g/mol. The highest BCUT2D eigenvalue weighted by Crippen LogP contribution is 2.24. The molecule has 2 aromatic heterocycles. The third-order valence-corrected chi connectivity index (χ3v) is 3.70. The Morgan fingerprint density at radius 3 is 2.61 bits per heavy atom. The van der Waals surface area contributed by atoms with Crippen molar-refractivity contribution in [2.75, 3.05) is 0 Å². The van der Waals surface area contributed by atoms with Crippen LogP contribution in [0.25, 0.3) is 16.2 Å². The number of imidazole rings is 1. The molecule has 5 heteroatoms. The quantitative estimate of drug-likeness (QED) is 0.768. The van der Waals surface area contributed by atoms with Crippen molar-refractivity contribution in [3.63, 3.8) is 0 Å². The Morgan fingerprint density at radius 1 is 1.28 bits per heavy atom. The topological polar surface area (TPSA) is 54.6 Å². The normalized spacial score (nSPS) is 10.9. The summed E-state index contributed by atoms with van der Waals surface area (Å²) in [5, 5.41) is 8.89. The lowest BCUT2D eigenvalue weighted by atomic mass is 10.1. The van der Waals surface area contributed by atoms with E-state index in [0.29, 0.717) is 9.84 Å². The second-order valence-corrected chi connectivity index (χ2v) is 5.09. The molecule has 0 radical (unpaired) electrons. The molecule has 0 saturated heterocycles. The van der Waals surface area contributed by atoms with Crippen LogP contribution in [0.15, 0.2) is 36.7 Å². The average molecular weight is 258 g/mol. The van der Waals surface area contributed by atoms with Gasteiger partial charge in [0.1, 0.15) is 4.88 Å². The van der Waals surface area contributed by atoms with Gasteiger partial charge in [-0.1, -0.05) is 41.2 Å². The van der Waals surface area contributed by atoms with Gasteiger partial charge in [-0.25, -0.2) is 9.78 Å². The van der Waals surface area contributed by atoms with Crippen LogP contribution in [0.2, 0.25) is 0 Å². The maximum Gasteiger partial charge on any atom is 0.347 e. The number of nitrogens with zero attached hydrogens (tertiary/aromatic N) is 2. The van der Waals surface area contributed by atoms with Crippen molar-refractivity contribution in [1.82, 2.24) is 9.38 Å². The number of carbonyl (C=O) groups is 1. The van der Waals surface area contributed by atoms with Gasteiger partial charge < -0.3 is 5.11 Å². The summed E-state index contributed by atoms with van der Waals surface area (Å²) in [6.07, 6.45) is 3.44. The zero-order chi connectivity index (χ0) is 12.7. The van der Waals surface area contributed by atoms with E-state index >= 15 is 0 Å². The molecule has 0 spiro atoms. The van der Waals surface area contributed by atoms with Crippen LogP contribution in [0.4, 0.5) is 0 Å². The lowest BCUT2D eigenvalue weighted by Crippen LogP contribution is -1.90. The summed E-state index contributed by atoms with van der Waals surface area (Å²) >= 11 is 1.18. The minimum absolute atomic E-state index is 0.299. The molecule has 1 N–H and O–H groups in total. The number of thiazole rings is 1. The van der Waals surface area contributed by atoms with Gasteiger partial charge in [-0.3, -0.25) is 4.40 Å². The lowest BCUT2D eigenvalue weighted by Gasteiger charge is -1.96. The van der Waals surface area contributed by atoms with Gasteiger partial charge in [0, 0.05) is 18.0 Å². The second-order valence-electron chi connectivity index (χ2n) is 4.08. The third kappa shape index (κ3) is 1.78. The van der Waals surface area contributed by atoms with Gasteiger partial charge in [0.15, 0.2) is 4.96 Å². The molecule has 1 aromatic carbocycles. The lowest BCUT2D eigenvalue weighted by molar-refractivity contribution is 0.0702. The zero-order valence-electron chi connectivity index (χ0n) is 9.62. The van der Waals surface area contributed by atoms with Crippen molar-refractivity contribution in [3.05, 3.63) is 47.1 Å². The fourth-order valence-corrected chi connectivity index (χ4v) is 2.56. The van der Waals surface area contributed by atoms with Gasteiger partial charge >= 0.3 is 5.97 Å². The van der Waals surface area contributed by atoms with E-state index in [4.69, 9.17) is 5.11 Å². The van der Waals surface area contributed by atoms with Gasteiger partial charge in [0.25, 0.3) is 0 Å². The summed E-state index contributed by atoms with van der Waals surface area (Å²) in [6, 6.07) is 8.09. The zero-order valence-corrected chi connectivity index (χ0v) is 10.4. The number of rotatable bonds is 2. The van der Waals surface area contributed by atoms with Crippen LogP contribution in [0.1, 0.15) is 15.2 Å². The van der Waals surface area contributed by atoms with E-state index in [-0.39, 0.29) is 0 Å². The molecule has 0 aliphatic carbocycles. The highest BCUT2D eigenvalue weighted by atomic mass is 32.1. The fraction of sp³-hybridized carbons (Fsp3) is 0.0769. The van der Waals surface area contributed by atoms with Gasteiger partial charge in [-0.15, -0.1) is 0 Å². The maximum absolute atomic E-state index is 10.8. The van der Waals surface area contributed by atoms with Gasteiger partial charge in [-0.05, 0) is 6.92 Å². The average Bonchev–Trinajstić information content (AvgIpc) is 2.87. The molecule has 0 unspecified atom stereocenters. The largest absolute Gasteiger partial charge is 0.477 e. The van der Waals surface area contributed by atoms with E-state index in [1.807, 2.05) is 37.4 Å². The Balaban J connectivity index is 2.06. The first-order chi connectivity index (χ1) is 8.63. The summed E-state index contributed by atoms with van der Waals surface area (Å²) in [4.78, 5) is 16.3. The SMILES string of the molecule is Cc1ccc(-c2cn3cc(C(=O)O)sc3n2)cc1. The van der Waals surface area contributed by atoms with Crippen LogP contribution in [0.3, 0.4) is 0 Å². The second kappa shape index (κ2) is 3.96. The minimum Gasteiger partial charge on any atom is -0.477 e. The van der Waals surface area contributed by atoms with E-state index in [0.717, 1.165) is 11.3 Å². The molecule has 0 aliphatic heterocycles. The Kier molecular flexibility index (Phi) is 2.41. The number of hydrogen-bond donors (Lipinski definition) is 1. The molecular formula is C13H10N2O2S. The molecule has 0 fully saturated rings. The van der Waals surface area contributed by atoms with Crippen molar-refractivity contribution < 1.29 is 9.90 Å². The number of aryl methyl sites for hydroxylation is 1. The van der Waals surface area contributed by atoms with Crippen LogP contribution >= 0.6 is 11.3 Å². The van der Waals surface area contributed by atoms with Crippen LogP contribution in [0, 0.1) is 6.92 Å². The number of aromatic nitrogens is 2. The van der Waals surface area contributed by atoms with Crippen LogP contribution in [-0.4, -0.2) is 20.5 Å². The molecule has 4 nitrogen and oxygen atoms in total. The smallest absolute Gasteiger partial charge is 0.347 e. The summed E-state index contributed by atoms with van der Waals surface area (Å²) in [6.45, 7) is 2.04. The summed E-state index contributed by atoms with van der Waals surface area (Å²) in [5.74, 6) is -0.914. The predicted molar refractivity (Wildman–Crippen MR) is 70.2 cm³/mol. The van der Waals surface area contributed by atoms with Gasteiger partial charge in [-0.2, -0.15) is 0 Å². The Hall–Kier alpha value is -2.14. The Bertz CT molecular complexity index is 694. The highest BCUT2D eigenvalue weighted by molar-refractivity contribution is 7.18. The van der Waals surface area contributed by atoms with Crippen molar-refractivity contribution in [2.45, 2.75) is 6.92 Å². The molecule has 90 valence electrons. The first-order valence-corrected chi connectivity index (χ1v) is 6.24. The fourth-order valence-electron chi connectivity index (χ4n) is 1.76. The van der Waals surface area contributed by atoms with E-state index in [1.54, 1.807) is 10.6 Å². The van der Waals surface area contributed by atoms with Crippen molar-refractivity contribution in [3.8, 4) is 11.3 Å². The molecule has 18 heavy (non-hydrogen) atoms. The number of fused-ring (bicyclic) bond motifs is 1. The van der Waals surface area contributed by atoms with Crippen LogP contribution in [0.5, 0.6) is 0 Å². The number of hydrogen-bond acceptors (Lipinski definition) is 3. The Morgan fingerprint density at radius 2 is 2.00 bits per heavy atom. The highest BCUT2D eigenvalue weighted by Gasteiger charge is 2.11.